The average Bonchev–Trinajstić information content (AvgIpc) is 2.71. The summed E-state index contributed by atoms with van der Waals surface area (Å²) in [6.07, 6.45) is 8.84. The van der Waals surface area contributed by atoms with Gasteiger partial charge in [-0.2, -0.15) is 8.42 Å². The Hall–Kier alpha value is -2.21. The Balaban J connectivity index is 2.21. The first-order valence-electron chi connectivity index (χ1n) is 6.78. The number of oxime groups is 1. The zero-order valence-corrected chi connectivity index (χ0v) is 13.5. The van der Waals surface area contributed by atoms with E-state index < -0.39 is 15.5 Å². The van der Waals surface area contributed by atoms with Gasteiger partial charge in [0.2, 0.25) is 0 Å². The predicted molar refractivity (Wildman–Crippen MR) is 87.4 cm³/mol. The molecule has 0 N–H and O–H groups in total. The molecule has 0 fully saturated rings. The van der Waals surface area contributed by atoms with Crippen LogP contribution in [0.5, 0.6) is 0 Å². The van der Waals surface area contributed by atoms with Crippen LogP contribution in [0, 0.1) is 12.3 Å². The maximum absolute atomic E-state index is 12.1. The molecular formula is C16H18N2O3S. The van der Waals surface area contributed by atoms with E-state index in [-0.39, 0.29) is 4.90 Å². The van der Waals surface area contributed by atoms with E-state index in [0.29, 0.717) is 5.71 Å². The van der Waals surface area contributed by atoms with E-state index in [2.05, 4.69) is 10.1 Å². The molecular weight excluding hydrogens is 300 g/mol. The van der Waals surface area contributed by atoms with Crippen LogP contribution in [0.15, 0.2) is 63.7 Å². The summed E-state index contributed by atoms with van der Waals surface area (Å²) in [5.41, 5.74) is 0.872. The second-order valence-electron chi connectivity index (χ2n) is 5.28. The molecule has 1 unspecified atom stereocenters. The lowest BCUT2D eigenvalue weighted by atomic mass is 9.87. The van der Waals surface area contributed by atoms with Crippen molar-refractivity contribution < 1.29 is 12.7 Å². The summed E-state index contributed by atoms with van der Waals surface area (Å²) in [7, 11) is -3.92. The second kappa shape index (κ2) is 6.27. The first-order chi connectivity index (χ1) is 10.3. The maximum atomic E-state index is 12.1. The van der Waals surface area contributed by atoms with Crippen molar-refractivity contribution in [2.24, 2.45) is 15.6 Å². The highest BCUT2D eigenvalue weighted by atomic mass is 32.2. The molecule has 1 aliphatic rings. The zero-order chi connectivity index (χ0) is 16.2. The fourth-order valence-electron chi connectivity index (χ4n) is 1.76. The normalized spacial score (nSPS) is 21.7. The molecule has 0 saturated heterocycles. The van der Waals surface area contributed by atoms with Crippen molar-refractivity contribution in [3.63, 3.8) is 0 Å². The Kier molecular flexibility index (Phi) is 4.61. The van der Waals surface area contributed by atoms with Gasteiger partial charge in [-0.05, 0) is 39.0 Å². The third-order valence-electron chi connectivity index (χ3n) is 3.43. The Morgan fingerprint density at radius 2 is 1.91 bits per heavy atom. The SMILES string of the molecule is C/C(=N\OS(=O)(=O)c1ccc(C)cc1)C1(C)C=CC=CN=C1. The van der Waals surface area contributed by atoms with Gasteiger partial charge in [0.05, 0.1) is 11.1 Å². The van der Waals surface area contributed by atoms with Gasteiger partial charge in [-0.15, -0.1) is 0 Å². The van der Waals surface area contributed by atoms with Gasteiger partial charge in [0, 0.05) is 12.4 Å². The maximum Gasteiger partial charge on any atom is 0.358 e. The van der Waals surface area contributed by atoms with Gasteiger partial charge in [-0.25, -0.2) is 0 Å². The minimum absolute atomic E-state index is 0.0755. The summed E-state index contributed by atoms with van der Waals surface area (Å²) in [5.74, 6) is 0. The summed E-state index contributed by atoms with van der Waals surface area (Å²) < 4.78 is 29.0. The van der Waals surface area contributed by atoms with E-state index in [9.17, 15) is 8.42 Å². The van der Waals surface area contributed by atoms with E-state index in [0.717, 1.165) is 5.56 Å². The van der Waals surface area contributed by atoms with Crippen LogP contribution in [0.2, 0.25) is 0 Å². The quantitative estimate of drug-likeness (QED) is 0.632. The molecule has 22 heavy (non-hydrogen) atoms. The van der Waals surface area contributed by atoms with Gasteiger partial charge < -0.3 is 0 Å². The number of aliphatic imine (C=N–C) groups is 1. The molecule has 1 aromatic carbocycles. The molecule has 1 aliphatic heterocycles. The third kappa shape index (κ3) is 3.71. The van der Waals surface area contributed by atoms with Crippen LogP contribution in [0.1, 0.15) is 19.4 Å². The first kappa shape index (κ1) is 16.2. The largest absolute Gasteiger partial charge is 0.358 e. The summed E-state index contributed by atoms with van der Waals surface area (Å²) in [4.78, 5) is 4.18. The highest BCUT2D eigenvalue weighted by molar-refractivity contribution is 7.86. The number of rotatable bonds is 4. The van der Waals surface area contributed by atoms with Crippen molar-refractivity contribution in [1.82, 2.24) is 0 Å². The molecule has 0 aromatic heterocycles. The highest BCUT2D eigenvalue weighted by Gasteiger charge is 2.25. The summed E-state index contributed by atoms with van der Waals surface area (Å²) >= 11 is 0. The summed E-state index contributed by atoms with van der Waals surface area (Å²) in [6, 6.07) is 6.41. The van der Waals surface area contributed by atoms with Gasteiger partial charge in [-0.1, -0.05) is 35.0 Å². The lowest BCUT2D eigenvalue weighted by molar-refractivity contribution is 0.335. The molecule has 1 heterocycles. The fourth-order valence-corrected chi connectivity index (χ4v) is 2.53. The van der Waals surface area contributed by atoms with Gasteiger partial charge in [0.25, 0.3) is 0 Å². The fraction of sp³-hybridized carbons (Fsp3) is 0.250. The Labute approximate surface area is 130 Å². The Morgan fingerprint density at radius 1 is 1.23 bits per heavy atom. The van der Waals surface area contributed by atoms with E-state index in [1.165, 1.54) is 12.1 Å². The molecule has 0 radical (unpaired) electrons. The molecule has 0 aliphatic carbocycles. The van der Waals surface area contributed by atoms with Crippen molar-refractivity contribution in [2.45, 2.75) is 25.7 Å². The monoisotopic (exact) mass is 318 g/mol. The van der Waals surface area contributed by atoms with Gasteiger partial charge >= 0.3 is 10.1 Å². The molecule has 0 spiro atoms. The smallest absolute Gasteiger partial charge is 0.268 e. The number of nitrogens with zero attached hydrogens (tertiary/aromatic N) is 2. The third-order valence-corrected chi connectivity index (χ3v) is 4.55. The molecule has 116 valence electrons. The molecule has 1 atom stereocenters. The zero-order valence-electron chi connectivity index (χ0n) is 12.7. The van der Waals surface area contributed by atoms with E-state index in [1.807, 2.05) is 26.0 Å². The molecule has 0 saturated carbocycles. The van der Waals surface area contributed by atoms with Crippen LogP contribution in [-0.4, -0.2) is 20.3 Å². The number of aryl methyl sites for hydroxylation is 1. The Bertz CT molecular complexity index is 741. The number of hydrogen-bond acceptors (Lipinski definition) is 5. The van der Waals surface area contributed by atoms with E-state index in [4.69, 9.17) is 4.28 Å². The van der Waals surface area contributed by atoms with E-state index >= 15 is 0 Å². The van der Waals surface area contributed by atoms with Crippen LogP contribution < -0.4 is 0 Å². The van der Waals surface area contributed by atoms with Crippen molar-refractivity contribution in [1.29, 1.82) is 0 Å². The topological polar surface area (TPSA) is 68.1 Å². The summed E-state index contributed by atoms with van der Waals surface area (Å²) in [5, 5.41) is 3.79. The lowest BCUT2D eigenvalue weighted by Gasteiger charge is -2.19. The molecule has 1 aromatic rings. The minimum Gasteiger partial charge on any atom is -0.268 e. The van der Waals surface area contributed by atoms with Crippen LogP contribution in [0.25, 0.3) is 0 Å². The summed E-state index contributed by atoms with van der Waals surface area (Å²) in [6.45, 7) is 5.46. The van der Waals surface area contributed by atoms with Gasteiger partial charge in [-0.3, -0.25) is 9.28 Å². The second-order valence-corrected chi connectivity index (χ2v) is 6.81. The molecule has 0 amide bonds. The predicted octanol–water partition coefficient (Wildman–Crippen LogP) is 3.24. The molecule has 6 heteroatoms. The van der Waals surface area contributed by atoms with Gasteiger partial charge in [0.15, 0.2) is 0 Å². The molecule has 5 nitrogen and oxygen atoms in total. The number of benzene rings is 1. The van der Waals surface area contributed by atoms with Crippen molar-refractivity contribution in [3.05, 3.63) is 54.3 Å². The van der Waals surface area contributed by atoms with E-state index in [1.54, 1.807) is 37.5 Å². The average molecular weight is 318 g/mol. The van der Waals surface area contributed by atoms with Crippen molar-refractivity contribution >= 4 is 22.0 Å². The minimum atomic E-state index is -3.92. The van der Waals surface area contributed by atoms with Crippen molar-refractivity contribution in [2.75, 3.05) is 0 Å². The lowest BCUT2D eigenvalue weighted by Crippen LogP contribution is -2.25. The van der Waals surface area contributed by atoms with Crippen LogP contribution in [0.4, 0.5) is 0 Å². The Morgan fingerprint density at radius 3 is 2.59 bits per heavy atom. The van der Waals surface area contributed by atoms with Crippen molar-refractivity contribution in [3.8, 4) is 0 Å². The number of allylic oxidation sites excluding steroid dienone is 3. The molecule has 2 rings (SSSR count). The number of hydrogen-bond donors (Lipinski definition) is 0. The van der Waals surface area contributed by atoms with Gasteiger partial charge in [0.1, 0.15) is 4.90 Å². The van der Waals surface area contributed by atoms with Crippen LogP contribution in [-0.2, 0) is 14.4 Å². The first-order valence-corrected chi connectivity index (χ1v) is 8.18. The molecule has 0 bridgehead atoms. The standard InChI is InChI=1S/C16H18N2O3S/c1-13-6-8-15(9-7-13)22(19,20)21-18-14(2)16(3)10-4-5-11-17-12-16/h4-12H,1-3H3/b18-14+. The highest BCUT2D eigenvalue weighted by Crippen LogP contribution is 2.21. The van der Waals surface area contributed by atoms with Crippen LogP contribution >= 0.6 is 0 Å². The van der Waals surface area contributed by atoms with Crippen LogP contribution in [0.3, 0.4) is 0 Å².